The van der Waals surface area contributed by atoms with Crippen molar-refractivity contribution in [2.45, 2.75) is 65.0 Å². The van der Waals surface area contributed by atoms with Crippen LogP contribution in [0.25, 0.3) is 0 Å². The maximum absolute atomic E-state index is 13.6. The third-order valence-corrected chi connectivity index (χ3v) is 5.60. The lowest BCUT2D eigenvalue weighted by Gasteiger charge is -2.42. The summed E-state index contributed by atoms with van der Waals surface area (Å²) in [6.45, 7) is 0. The number of nitrogens with one attached hydrogen (secondary N) is 1. The Hall–Kier alpha value is -1.01. The summed E-state index contributed by atoms with van der Waals surface area (Å²) >= 11 is 0. The minimum absolute atomic E-state index is 0. The number of sulfonamides is 1. The number of alkyl halides is 23. The normalized spacial score (nSPS) is 16.6. The van der Waals surface area contributed by atoms with Crippen LogP contribution in [0.1, 0.15) is 0 Å². The van der Waals surface area contributed by atoms with Gasteiger partial charge < -0.3 is 24.0 Å². The summed E-state index contributed by atoms with van der Waals surface area (Å²) in [5.41, 5.74) is 0.959. The lowest BCUT2D eigenvalue weighted by atomic mass is 9.91. The van der Waals surface area contributed by atoms with Gasteiger partial charge in [-0.3, -0.25) is 5.73 Å². The third kappa shape index (κ3) is 5.31. The summed E-state index contributed by atoms with van der Waals surface area (Å²) in [6.07, 6.45) is -8.10. The number of halogens is 24. The Kier molecular flexibility index (Phi) is 10.3. The van der Waals surface area contributed by atoms with Crippen LogP contribution in [0, 0.1) is 0 Å². The van der Waals surface area contributed by atoms with Crippen LogP contribution < -0.4 is 34.4 Å². The highest BCUT2D eigenvalue weighted by Gasteiger charge is 2.96. The second-order valence-electron chi connectivity index (χ2n) is 6.92. The van der Waals surface area contributed by atoms with Gasteiger partial charge in [0.2, 0.25) is 0 Å². The zero-order valence-electron chi connectivity index (χ0n) is 17.0. The van der Waals surface area contributed by atoms with Crippen molar-refractivity contribution in [2.24, 2.45) is 0 Å². The first-order chi connectivity index (χ1) is 16.2. The van der Waals surface area contributed by atoms with Gasteiger partial charge in [-0.2, -0.15) is 92.2 Å². The Labute approximate surface area is 219 Å². The molecule has 0 atom stereocenters. The molecule has 0 aromatic rings. The SMILES string of the molecule is [I-].[NH3+]C(F)(F)C(F)(F)C(F)(F)NS(=O)(=O)C(F)(F)C(F)(F)C(F)(F)C(F)(F)C(F)(F)C(F)(F)C(F)(F)C(F)(F)F. The topological polar surface area (TPSA) is 73.8 Å². The van der Waals surface area contributed by atoms with E-state index < -0.39 is 79.7 Å². The van der Waals surface area contributed by atoms with Crippen LogP contribution in [-0.2, 0) is 10.0 Å². The van der Waals surface area contributed by atoms with E-state index >= 15 is 0 Å². The van der Waals surface area contributed by atoms with Crippen molar-refractivity contribution in [3.05, 3.63) is 0 Å². The van der Waals surface area contributed by atoms with E-state index in [1.807, 2.05) is 0 Å². The third-order valence-electron chi connectivity index (χ3n) is 4.15. The molecule has 0 aromatic heterocycles. The van der Waals surface area contributed by atoms with Gasteiger partial charge in [0.25, 0.3) is 10.0 Å². The first kappa shape index (κ1) is 41.1. The summed E-state index contributed by atoms with van der Waals surface area (Å²) in [5, 5.41) is -8.68. The lowest BCUT2D eigenvalue weighted by molar-refractivity contribution is -0.624. The lowest BCUT2D eigenvalue weighted by Crippen LogP contribution is -3.00. The summed E-state index contributed by atoms with van der Waals surface area (Å²) < 4.78 is 319. The van der Waals surface area contributed by atoms with Crippen molar-refractivity contribution >= 4 is 10.0 Å². The summed E-state index contributed by atoms with van der Waals surface area (Å²) in [7, 11) is -8.99. The molecule has 0 amide bonds. The number of quaternary nitrogens is 1. The molecule has 4 N–H and O–H groups in total. The molecule has 0 saturated carbocycles. The zero-order chi connectivity index (χ0) is 32.7. The Bertz CT molecular complexity index is 1030. The standard InChI is InChI=1S/C11H3F23N2O2S.HI/c12-1(13,3(16,17)5(20,21)8(26,27)28)2(14,15)4(18,19)6(22,23)11(33,34)39(37,38)36-10(31,32)7(24,25)9(29,30)35;/h36H,35H2;1H. The summed E-state index contributed by atoms with van der Waals surface area (Å²) in [5.74, 6) is -61.9. The first-order valence-corrected chi connectivity index (χ1v) is 9.42. The molecule has 0 aliphatic carbocycles. The van der Waals surface area contributed by atoms with Crippen molar-refractivity contribution in [3.8, 4) is 0 Å². The van der Waals surface area contributed by atoms with Gasteiger partial charge in [0.1, 0.15) is 0 Å². The van der Waals surface area contributed by atoms with Gasteiger partial charge >= 0.3 is 65.0 Å². The van der Waals surface area contributed by atoms with E-state index in [2.05, 4.69) is 0 Å². The van der Waals surface area contributed by atoms with Crippen LogP contribution in [0.3, 0.4) is 0 Å². The van der Waals surface area contributed by atoms with Crippen LogP contribution in [-0.4, -0.2) is 73.4 Å². The minimum atomic E-state index is -9.33. The van der Waals surface area contributed by atoms with E-state index in [9.17, 15) is 109 Å². The first-order valence-electron chi connectivity index (χ1n) is 7.94. The van der Waals surface area contributed by atoms with E-state index in [0.29, 0.717) is 0 Å². The van der Waals surface area contributed by atoms with E-state index in [1.54, 1.807) is 0 Å². The Morgan fingerprint density at radius 1 is 0.425 bits per heavy atom. The fourth-order valence-corrected chi connectivity index (χ4v) is 2.90. The predicted octanol–water partition coefficient (Wildman–Crippen LogP) is 1.94. The molecule has 0 saturated heterocycles. The molecule has 0 aliphatic rings. The van der Waals surface area contributed by atoms with Crippen LogP contribution in [0.5, 0.6) is 0 Å². The van der Waals surface area contributed by atoms with Crippen molar-refractivity contribution in [1.29, 1.82) is 0 Å². The second-order valence-corrected chi connectivity index (χ2v) is 8.64. The molecule has 0 spiro atoms. The molecule has 0 rings (SSSR count). The minimum Gasteiger partial charge on any atom is -1.00 e. The van der Waals surface area contributed by atoms with Crippen LogP contribution >= 0.6 is 0 Å². The highest BCUT2D eigenvalue weighted by atomic mass is 127. The molecule has 40 heavy (non-hydrogen) atoms. The Morgan fingerprint density at radius 3 is 0.925 bits per heavy atom. The molecular weight excluding hydrogens is 788 g/mol. The molecule has 0 heterocycles. The average molecular weight is 792 g/mol. The maximum atomic E-state index is 13.6. The molecule has 0 radical (unpaired) electrons. The zero-order valence-corrected chi connectivity index (χ0v) is 20.0. The summed E-state index contributed by atoms with van der Waals surface area (Å²) in [4.78, 5) is 0. The van der Waals surface area contributed by atoms with Gasteiger partial charge in [-0.25, -0.2) is 8.42 Å². The maximum Gasteiger partial charge on any atom is 0.460 e. The Balaban J connectivity index is 0. The van der Waals surface area contributed by atoms with Crippen molar-refractivity contribution < 1.29 is 139 Å². The van der Waals surface area contributed by atoms with E-state index in [-0.39, 0.29) is 24.0 Å². The number of rotatable bonds is 11. The van der Waals surface area contributed by atoms with E-state index in [0.717, 1.165) is 5.73 Å². The smallest absolute Gasteiger partial charge is 0.460 e. The van der Waals surface area contributed by atoms with Crippen LogP contribution in [0.15, 0.2) is 0 Å². The van der Waals surface area contributed by atoms with Crippen molar-refractivity contribution in [3.63, 3.8) is 0 Å². The highest BCUT2D eigenvalue weighted by Crippen LogP contribution is 2.64. The molecular formula is C11H4F23IN2O2S. The van der Waals surface area contributed by atoms with Gasteiger partial charge in [0.05, 0.1) is 0 Å². The fraction of sp³-hybridized carbons (Fsp3) is 1.00. The molecule has 4 nitrogen and oxygen atoms in total. The largest absolute Gasteiger partial charge is 1.00 e. The quantitative estimate of drug-likeness (QED) is 0.191. The molecule has 0 bridgehead atoms. The number of hydrogen-bond donors (Lipinski definition) is 2. The van der Waals surface area contributed by atoms with Crippen LogP contribution in [0.2, 0.25) is 0 Å². The van der Waals surface area contributed by atoms with Gasteiger partial charge in [-0.15, -0.1) is 13.5 Å². The van der Waals surface area contributed by atoms with Gasteiger partial charge in [-0.05, 0) is 0 Å². The number of hydrogen-bond acceptors (Lipinski definition) is 2. The molecule has 0 aromatic carbocycles. The van der Waals surface area contributed by atoms with E-state index in [4.69, 9.17) is 0 Å². The van der Waals surface area contributed by atoms with Gasteiger partial charge in [0, 0.05) is 0 Å². The molecule has 29 heteroatoms. The Morgan fingerprint density at radius 2 is 0.675 bits per heavy atom. The summed E-state index contributed by atoms with van der Waals surface area (Å²) in [6, 6.07) is -14.0. The van der Waals surface area contributed by atoms with Crippen LogP contribution in [0.4, 0.5) is 101 Å². The molecule has 244 valence electrons. The molecule has 0 aliphatic heterocycles. The molecule has 0 fully saturated rings. The second kappa shape index (κ2) is 10.0. The van der Waals surface area contributed by atoms with Gasteiger partial charge in [-0.1, -0.05) is 0 Å². The highest BCUT2D eigenvalue weighted by molar-refractivity contribution is 7.90. The fourth-order valence-electron chi connectivity index (χ4n) is 1.84. The molecule has 0 unspecified atom stereocenters. The van der Waals surface area contributed by atoms with Crippen molar-refractivity contribution in [2.75, 3.05) is 0 Å². The van der Waals surface area contributed by atoms with Gasteiger partial charge in [0.15, 0.2) is 0 Å². The predicted molar refractivity (Wildman–Crippen MR) is 70.5 cm³/mol. The monoisotopic (exact) mass is 792 g/mol. The van der Waals surface area contributed by atoms with Crippen molar-refractivity contribution in [1.82, 2.24) is 4.72 Å². The van der Waals surface area contributed by atoms with E-state index in [1.165, 1.54) is 0 Å². The average Bonchev–Trinajstić information content (AvgIpc) is 2.63.